The zero-order valence-electron chi connectivity index (χ0n) is 10.4. The van der Waals surface area contributed by atoms with Gasteiger partial charge in [-0.15, -0.1) is 0 Å². The molecule has 0 bridgehead atoms. The van der Waals surface area contributed by atoms with Gasteiger partial charge in [-0.25, -0.2) is 0 Å². The summed E-state index contributed by atoms with van der Waals surface area (Å²) in [5.41, 5.74) is 1.88. The lowest BCUT2D eigenvalue weighted by molar-refractivity contribution is -0.00531. The van der Waals surface area contributed by atoms with E-state index in [2.05, 4.69) is 22.0 Å². The van der Waals surface area contributed by atoms with E-state index in [1.54, 1.807) is 0 Å². The second kappa shape index (κ2) is 3.98. The fourth-order valence-corrected chi connectivity index (χ4v) is 2.83. The third kappa shape index (κ3) is 2.16. The van der Waals surface area contributed by atoms with E-state index in [0.717, 1.165) is 31.6 Å². The van der Waals surface area contributed by atoms with Crippen LogP contribution in [0.3, 0.4) is 0 Å². The van der Waals surface area contributed by atoms with Crippen LogP contribution in [0.2, 0.25) is 0 Å². The first kappa shape index (κ1) is 11.0. The molecular weight excluding hydrogens is 212 g/mol. The molecule has 3 heteroatoms. The molecule has 1 aromatic heterocycles. The molecule has 1 saturated carbocycles. The van der Waals surface area contributed by atoms with Crippen molar-refractivity contribution in [3.8, 4) is 0 Å². The minimum atomic E-state index is -0.366. The summed E-state index contributed by atoms with van der Waals surface area (Å²) in [6.45, 7) is 3.92. The molecule has 1 N–H and O–H groups in total. The van der Waals surface area contributed by atoms with Crippen molar-refractivity contribution in [2.45, 2.75) is 38.2 Å². The van der Waals surface area contributed by atoms with E-state index in [4.69, 9.17) is 0 Å². The Morgan fingerprint density at radius 3 is 2.53 bits per heavy atom. The van der Waals surface area contributed by atoms with Crippen LogP contribution in [-0.2, 0) is 0 Å². The fourth-order valence-electron chi connectivity index (χ4n) is 2.83. The molecule has 1 saturated heterocycles. The maximum Gasteiger partial charge on any atom is 0.0709 e. The van der Waals surface area contributed by atoms with E-state index in [1.807, 2.05) is 13.1 Å². The summed E-state index contributed by atoms with van der Waals surface area (Å²) in [7, 11) is 0. The smallest absolute Gasteiger partial charge is 0.0709 e. The Morgan fingerprint density at radius 1 is 1.29 bits per heavy atom. The van der Waals surface area contributed by atoms with Crippen LogP contribution in [0, 0.1) is 12.8 Å². The zero-order valence-corrected chi connectivity index (χ0v) is 10.4. The SMILES string of the molecule is Cc1ccc(N2CCC(O)(C3CC3)CC2)cn1. The summed E-state index contributed by atoms with van der Waals surface area (Å²) in [4.78, 5) is 6.67. The van der Waals surface area contributed by atoms with Gasteiger partial charge in [0, 0.05) is 18.8 Å². The summed E-state index contributed by atoms with van der Waals surface area (Å²) in [6, 6.07) is 4.18. The highest BCUT2D eigenvalue weighted by Crippen LogP contribution is 2.45. The van der Waals surface area contributed by atoms with Crippen LogP contribution in [0.1, 0.15) is 31.4 Å². The minimum Gasteiger partial charge on any atom is -0.389 e. The second-order valence-electron chi connectivity index (χ2n) is 5.52. The van der Waals surface area contributed by atoms with Crippen molar-refractivity contribution in [3.05, 3.63) is 24.0 Å². The van der Waals surface area contributed by atoms with Crippen LogP contribution in [0.15, 0.2) is 18.3 Å². The number of pyridine rings is 1. The lowest BCUT2D eigenvalue weighted by Gasteiger charge is -2.39. The predicted molar refractivity (Wildman–Crippen MR) is 68.1 cm³/mol. The summed E-state index contributed by atoms with van der Waals surface area (Å²) in [5.74, 6) is 0.584. The summed E-state index contributed by atoms with van der Waals surface area (Å²) < 4.78 is 0. The summed E-state index contributed by atoms with van der Waals surface area (Å²) >= 11 is 0. The molecule has 2 aliphatic rings. The van der Waals surface area contributed by atoms with Gasteiger partial charge in [-0.3, -0.25) is 4.98 Å². The molecule has 0 unspecified atom stereocenters. The Hall–Kier alpha value is -1.09. The van der Waals surface area contributed by atoms with Crippen molar-refractivity contribution in [1.82, 2.24) is 4.98 Å². The molecule has 1 aromatic rings. The van der Waals surface area contributed by atoms with Crippen LogP contribution in [0.5, 0.6) is 0 Å². The quantitative estimate of drug-likeness (QED) is 0.848. The highest BCUT2D eigenvalue weighted by Gasteiger charge is 2.45. The van der Waals surface area contributed by atoms with E-state index in [-0.39, 0.29) is 5.60 Å². The summed E-state index contributed by atoms with van der Waals surface area (Å²) in [5, 5.41) is 10.5. The predicted octanol–water partition coefficient (Wildman–Crippen LogP) is 2.13. The molecule has 17 heavy (non-hydrogen) atoms. The number of aromatic nitrogens is 1. The van der Waals surface area contributed by atoms with Crippen molar-refractivity contribution in [2.24, 2.45) is 5.92 Å². The summed E-state index contributed by atoms with van der Waals surface area (Å²) in [6.07, 6.45) is 6.21. The molecule has 0 amide bonds. The molecule has 2 heterocycles. The Labute approximate surface area is 102 Å². The number of rotatable bonds is 2. The van der Waals surface area contributed by atoms with Crippen LogP contribution in [0.4, 0.5) is 5.69 Å². The Kier molecular flexibility index (Phi) is 2.58. The van der Waals surface area contributed by atoms with Crippen molar-refractivity contribution in [1.29, 1.82) is 0 Å². The van der Waals surface area contributed by atoms with Crippen LogP contribution < -0.4 is 4.90 Å². The molecule has 3 rings (SSSR count). The van der Waals surface area contributed by atoms with Crippen molar-refractivity contribution >= 4 is 5.69 Å². The first-order valence-corrected chi connectivity index (χ1v) is 6.57. The van der Waals surface area contributed by atoms with Crippen LogP contribution in [0.25, 0.3) is 0 Å². The van der Waals surface area contributed by atoms with E-state index in [0.29, 0.717) is 5.92 Å². The molecule has 0 spiro atoms. The van der Waals surface area contributed by atoms with Crippen molar-refractivity contribution < 1.29 is 5.11 Å². The molecule has 0 aromatic carbocycles. The molecule has 1 aliphatic carbocycles. The van der Waals surface area contributed by atoms with Gasteiger partial charge in [0.25, 0.3) is 0 Å². The van der Waals surface area contributed by atoms with Gasteiger partial charge in [0.2, 0.25) is 0 Å². The maximum absolute atomic E-state index is 10.5. The molecule has 3 nitrogen and oxygen atoms in total. The average Bonchev–Trinajstić information content (AvgIpc) is 3.16. The zero-order chi connectivity index (χ0) is 11.9. The average molecular weight is 232 g/mol. The number of aryl methyl sites for hydroxylation is 1. The Morgan fingerprint density at radius 2 is 2.00 bits per heavy atom. The standard InChI is InChI=1S/C14H20N2O/c1-11-2-5-13(10-15-11)16-8-6-14(17,7-9-16)12-3-4-12/h2,5,10,12,17H,3-4,6-9H2,1H3. The molecule has 0 radical (unpaired) electrons. The highest BCUT2D eigenvalue weighted by atomic mass is 16.3. The second-order valence-corrected chi connectivity index (χ2v) is 5.52. The molecular formula is C14H20N2O. The van der Waals surface area contributed by atoms with E-state index >= 15 is 0 Å². The van der Waals surface area contributed by atoms with E-state index in [9.17, 15) is 5.11 Å². The monoisotopic (exact) mass is 232 g/mol. The van der Waals surface area contributed by atoms with Crippen molar-refractivity contribution in [3.63, 3.8) is 0 Å². The topological polar surface area (TPSA) is 36.4 Å². The van der Waals surface area contributed by atoms with Gasteiger partial charge in [-0.1, -0.05) is 0 Å². The number of nitrogens with zero attached hydrogens (tertiary/aromatic N) is 2. The fraction of sp³-hybridized carbons (Fsp3) is 0.643. The number of hydrogen-bond donors (Lipinski definition) is 1. The maximum atomic E-state index is 10.5. The normalized spacial score (nSPS) is 23.8. The van der Waals surface area contributed by atoms with Gasteiger partial charge in [0.1, 0.15) is 0 Å². The van der Waals surface area contributed by atoms with Gasteiger partial charge < -0.3 is 10.0 Å². The third-order valence-corrected chi connectivity index (χ3v) is 4.23. The molecule has 1 aliphatic heterocycles. The molecule has 0 atom stereocenters. The van der Waals surface area contributed by atoms with Gasteiger partial charge in [0.15, 0.2) is 0 Å². The first-order valence-electron chi connectivity index (χ1n) is 6.57. The molecule has 92 valence electrons. The van der Waals surface area contributed by atoms with Crippen molar-refractivity contribution in [2.75, 3.05) is 18.0 Å². The van der Waals surface area contributed by atoms with Gasteiger partial charge in [0.05, 0.1) is 17.5 Å². The lowest BCUT2D eigenvalue weighted by Crippen LogP contribution is -2.45. The van der Waals surface area contributed by atoms with E-state index in [1.165, 1.54) is 18.5 Å². The van der Waals surface area contributed by atoms with Gasteiger partial charge in [-0.2, -0.15) is 0 Å². The number of piperidine rings is 1. The van der Waals surface area contributed by atoms with Gasteiger partial charge >= 0.3 is 0 Å². The third-order valence-electron chi connectivity index (χ3n) is 4.23. The number of aliphatic hydroxyl groups is 1. The number of anilines is 1. The first-order chi connectivity index (χ1) is 8.17. The minimum absolute atomic E-state index is 0.366. The van der Waals surface area contributed by atoms with Gasteiger partial charge in [-0.05, 0) is 50.7 Å². The Bertz CT molecular complexity index is 389. The Balaban J connectivity index is 1.66. The van der Waals surface area contributed by atoms with Crippen LogP contribution in [-0.4, -0.2) is 28.8 Å². The molecule has 2 fully saturated rings. The van der Waals surface area contributed by atoms with E-state index < -0.39 is 0 Å². The largest absolute Gasteiger partial charge is 0.389 e. The van der Waals surface area contributed by atoms with Crippen LogP contribution >= 0.6 is 0 Å². The highest BCUT2D eigenvalue weighted by molar-refractivity contribution is 5.45. The lowest BCUT2D eigenvalue weighted by atomic mass is 9.86. The number of hydrogen-bond acceptors (Lipinski definition) is 3.